The normalized spacial score (nSPS) is 17.3. The lowest BCUT2D eigenvalue weighted by Crippen LogP contribution is -2.50. The maximum Gasteiger partial charge on any atom is 0.410 e. The Morgan fingerprint density at radius 2 is 1.67 bits per heavy atom. The minimum absolute atomic E-state index is 0.118. The zero-order chi connectivity index (χ0) is 15.9. The van der Waals surface area contributed by atoms with Crippen LogP contribution in [0.5, 0.6) is 0 Å². The summed E-state index contributed by atoms with van der Waals surface area (Å²) in [5.41, 5.74) is -0.427. The minimum atomic E-state index is -0.427. The van der Waals surface area contributed by atoms with Crippen LogP contribution in [0.15, 0.2) is 0 Å². The molecule has 0 aliphatic carbocycles. The van der Waals surface area contributed by atoms with Crippen molar-refractivity contribution in [2.24, 2.45) is 0 Å². The smallest absolute Gasteiger partial charge is 0.410 e. The molecule has 1 heterocycles. The Balaban J connectivity index is 2.21. The van der Waals surface area contributed by atoms with Gasteiger partial charge >= 0.3 is 6.09 Å². The molecule has 0 atom stereocenters. The van der Waals surface area contributed by atoms with Gasteiger partial charge in [0.15, 0.2) is 6.29 Å². The number of hydrogen-bond donors (Lipinski definition) is 0. The van der Waals surface area contributed by atoms with Crippen LogP contribution in [0.25, 0.3) is 0 Å². The fraction of sp³-hybridized carbons (Fsp3) is 0.933. The van der Waals surface area contributed by atoms with E-state index in [1.54, 1.807) is 19.1 Å². The summed E-state index contributed by atoms with van der Waals surface area (Å²) in [5.74, 6) is 0. The Hall–Kier alpha value is -0.850. The van der Waals surface area contributed by atoms with Crippen LogP contribution in [0.4, 0.5) is 4.79 Å². The summed E-state index contributed by atoms with van der Waals surface area (Å²) in [7, 11) is 3.32. The first-order chi connectivity index (χ1) is 9.85. The summed E-state index contributed by atoms with van der Waals surface area (Å²) in [6.45, 7) is 9.93. The molecule has 0 saturated carbocycles. The van der Waals surface area contributed by atoms with Crippen molar-refractivity contribution < 1.29 is 19.0 Å². The Morgan fingerprint density at radius 1 is 1.10 bits per heavy atom. The van der Waals surface area contributed by atoms with Crippen LogP contribution in [-0.4, -0.2) is 74.7 Å². The predicted octanol–water partition coefficient (Wildman–Crippen LogP) is 1.94. The van der Waals surface area contributed by atoms with Crippen molar-refractivity contribution in [2.45, 2.75) is 45.5 Å². The molecule has 1 aliphatic rings. The van der Waals surface area contributed by atoms with Gasteiger partial charge in [0.05, 0.1) is 0 Å². The van der Waals surface area contributed by atoms with E-state index in [0.717, 1.165) is 45.6 Å². The van der Waals surface area contributed by atoms with Gasteiger partial charge in [0.25, 0.3) is 0 Å². The number of piperazine rings is 1. The Labute approximate surface area is 128 Å². The molecule has 1 aliphatic heterocycles. The molecule has 0 unspecified atom stereocenters. The lowest BCUT2D eigenvalue weighted by molar-refractivity contribution is -0.107. The first kappa shape index (κ1) is 18.2. The van der Waals surface area contributed by atoms with E-state index in [0.29, 0.717) is 0 Å². The van der Waals surface area contributed by atoms with Gasteiger partial charge in [-0.05, 0) is 40.2 Å². The Bertz CT molecular complexity index is 305. The number of carbonyl (C=O) groups is 1. The van der Waals surface area contributed by atoms with E-state index in [-0.39, 0.29) is 12.4 Å². The van der Waals surface area contributed by atoms with E-state index in [1.165, 1.54) is 0 Å². The van der Waals surface area contributed by atoms with Gasteiger partial charge in [-0.2, -0.15) is 0 Å². The highest BCUT2D eigenvalue weighted by molar-refractivity contribution is 5.68. The van der Waals surface area contributed by atoms with Crippen molar-refractivity contribution in [2.75, 3.05) is 46.9 Å². The molecule has 1 rings (SSSR count). The van der Waals surface area contributed by atoms with E-state index >= 15 is 0 Å². The zero-order valence-corrected chi connectivity index (χ0v) is 14.1. The quantitative estimate of drug-likeness (QED) is 0.702. The molecule has 1 fully saturated rings. The molecule has 0 aromatic rings. The SMILES string of the molecule is COC(CCCN1CCN(C(=O)OC(C)(C)C)CC1)OC. The number of amides is 1. The summed E-state index contributed by atoms with van der Waals surface area (Å²) < 4.78 is 15.7. The zero-order valence-electron chi connectivity index (χ0n) is 14.1. The predicted molar refractivity (Wildman–Crippen MR) is 81.3 cm³/mol. The van der Waals surface area contributed by atoms with E-state index in [2.05, 4.69) is 4.90 Å². The van der Waals surface area contributed by atoms with Crippen molar-refractivity contribution in [3.05, 3.63) is 0 Å². The molecule has 0 radical (unpaired) electrons. The second kappa shape index (κ2) is 8.56. The van der Waals surface area contributed by atoms with Gasteiger partial charge in [0.1, 0.15) is 5.60 Å². The molecule has 1 saturated heterocycles. The highest BCUT2D eigenvalue weighted by Gasteiger charge is 2.25. The minimum Gasteiger partial charge on any atom is -0.444 e. The van der Waals surface area contributed by atoms with E-state index < -0.39 is 5.60 Å². The number of carbonyl (C=O) groups excluding carboxylic acids is 1. The standard InChI is InChI=1S/C15H30N2O4/c1-15(2,3)21-14(18)17-11-9-16(10-12-17)8-6-7-13(19-4)20-5/h13H,6-12H2,1-5H3. The Kier molecular flexibility index (Phi) is 7.42. The fourth-order valence-corrected chi connectivity index (χ4v) is 2.29. The van der Waals surface area contributed by atoms with Crippen LogP contribution < -0.4 is 0 Å². The third-order valence-electron chi connectivity index (χ3n) is 3.46. The van der Waals surface area contributed by atoms with Crippen LogP contribution in [0.3, 0.4) is 0 Å². The molecule has 0 aromatic heterocycles. The molecule has 0 bridgehead atoms. The van der Waals surface area contributed by atoms with Gasteiger partial charge in [-0.3, -0.25) is 4.90 Å². The van der Waals surface area contributed by atoms with Gasteiger partial charge in [-0.15, -0.1) is 0 Å². The highest BCUT2D eigenvalue weighted by atomic mass is 16.7. The van der Waals surface area contributed by atoms with E-state index in [9.17, 15) is 4.79 Å². The molecular formula is C15H30N2O4. The van der Waals surface area contributed by atoms with Crippen LogP contribution in [0.2, 0.25) is 0 Å². The summed E-state index contributed by atoms with van der Waals surface area (Å²) in [4.78, 5) is 16.1. The molecule has 1 amide bonds. The third-order valence-corrected chi connectivity index (χ3v) is 3.46. The summed E-state index contributed by atoms with van der Waals surface area (Å²) in [6, 6.07) is 0. The highest BCUT2D eigenvalue weighted by Crippen LogP contribution is 2.12. The van der Waals surface area contributed by atoms with Crippen LogP contribution in [0, 0.1) is 0 Å². The maximum absolute atomic E-state index is 12.0. The second-order valence-corrected chi connectivity index (χ2v) is 6.35. The monoisotopic (exact) mass is 302 g/mol. The fourth-order valence-electron chi connectivity index (χ4n) is 2.29. The average Bonchev–Trinajstić information content (AvgIpc) is 2.42. The van der Waals surface area contributed by atoms with Gasteiger partial charge in [-0.25, -0.2) is 4.79 Å². The molecule has 0 spiro atoms. The number of ether oxygens (including phenoxy) is 3. The summed E-state index contributed by atoms with van der Waals surface area (Å²) in [5, 5.41) is 0. The van der Waals surface area contributed by atoms with Crippen molar-refractivity contribution in [3.8, 4) is 0 Å². The number of hydrogen-bond acceptors (Lipinski definition) is 5. The third kappa shape index (κ3) is 7.11. The molecule has 6 nitrogen and oxygen atoms in total. The van der Waals surface area contributed by atoms with Crippen LogP contribution in [-0.2, 0) is 14.2 Å². The number of nitrogens with zero attached hydrogens (tertiary/aromatic N) is 2. The topological polar surface area (TPSA) is 51.2 Å². The summed E-state index contributed by atoms with van der Waals surface area (Å²) >= 11 is 0. The largest absolute Gasteiger partial charge is 0.444 e. The number of rotatable bonds is 6. The molecule has 6 heteroatoms. The van der Waals surface area contributed by atoms with Gasteiger partial charge in [-0.1, -0.05) is 0 Å². The van der Waals surface area contributed by atoms with Crippen molar-refractivity contribution in [3.63, 3.8) is 0 Å². The Morgan fingerprint density at radius 3 is 2.14 bits per heavy atom. The van der Waals surface area contributed by atoms with E-state index in [1.807, 2.05) is 20.8 Å². The number of methoxy groups -OCH3 is 2. The first-order valence-electron chi connectivity index (χ1n) is 7.61. The van der Waals surface area contributed by atoms with Crippen LogP contribution >= 0.6 is 0 Å². The lowest BCUT2D eigenvalue weighted by atomic mass is 10.2. The molecule has 0 N–H and O–H groups in total. The molecular weight excluding hydrogens is 272 g/mol. The molecule has 21 heavy (non-hydrogen) atoms. The first-order valence-corrected chi connectivity index (χ1v) is 7.61. The van der Waals surface area contributed by atoms with Crippen molar-refractivity contribution in [1.29, 1.82) is 0 Å². The summed E-state index contributed by atoms with van der Waals surface area (Å²) in [6.07, 6.45) is 1.59. The molecule has 0 aromatic carbocycles. The average molecular weight is 302 g/mol. The van der Waals surface area contributed by atoms with Gasteiger partial charge in [0.2, 0.25) is 0 Å². The van der Waals surface area contributed by atoms with Crippen LogP contribution in [0.1, 0.15) is 33.6 Å². The molecule has 124 valence electrons. The van der Waals surface area contributed by atoms with Gasteiger partial charge in [0, 0.05) is 40.4 Å². The van der Waals surface area contributed by atoms with Gasteiger partial charge < -0.3 is 19.1 Å². The second-order valence-electron chi connectivity index (χ2n) is 6.35. The van der Waals surface area contributed by atoms with Crippen molar-refractivity contribution >= 4 is 6.09 Å². The lowest BCUT2D eigenvalue weighted by Gasteiger charge is -2.35. The van der Waals surface area contributed by atoms with E-state index in [4.69, 9.17) is 14.2 Å². The van der Waals surface area contributed by atoms with Crippen molar-refractivity contribution in [1.82, 2.24) is 9.80 Å². The maximum atomic E-state index is 12.0.